The van der Waals surface area contributed by atoms with Crippen molar-refractivity contribution in [3.8, 4) is 5.75 Å². The van der Waals surface area contributed by atoms with Gasteiger partial charge in [0.05, 0.1) is 16.5 Å². The summed E-state index contributed by atoms with van der Waals surface area (Å²) in [4.78, 5) is 17.9. The third kappa shape index (κ3) is 4.96. The summed E-state index contributed by atoms with van der Waals surface area (Å²) in [5.74, 6) is 1.89. The Kier molecular flexibility index (Phi) is 6.85. The van der Waals surface area contributed by atoms with Crippen molar-refractivity contribution in [3.63, 3.8) is 0 Å². The quantitative estimate of drug-likeness (QED) is 0.534. The highest BCUT2D eigenvalue weighted by Crippen LogP contribution is 2.51. The summed E-state index contributed by atoms with van der Waals surface area (Å²) in [6.07, 6.45) is 7.24. The Hall–Kier alpha value is -1.75. The zero-order valence-electron chi connectivity index (χ0n) is 19.9. The second-order valence-corrected chi connectivity index (χ2v) is 11.5. The number of phenolic OH excluding ortho intramolecular Hbond substituents is 1. The average molecular weight is 501 g/mol. The minimum atomic E-state index is -0.000171. The van der Waals surface area contributed by atoms with Crippen molar-refractivity contribution < 1.29 is 9.90 Å². The molecule has 2 saturated carbocycles. The number of benzene rings is 2. The van der Waals surface area contributed by atoms with E-state index in [2.05, 4.69) is 11.0 Å². The lowest BCUT2D eigenvalue weighted by Crippen LogP contribution is -2.56. The van der Waals surface area contributed by atoms with Crippen molar-refractivity contribution in [2.24, 2.45) is 11.8 Å². The van der Waals surface area contributed by atoms with E-state index in [-0.39, 0.29) is 17.4 Å². The lowest BCUT2D eigenvalue weighted by molar-refractivity contribution is -0.133. The van der Waals surface area contributed by atoms with Crippen molar-refractivity contribution in [1.29, 1.82) is 0 Å². The van der Waals surface area contributed by atoms with Gasteiger partial charge in [0.15, 0.2) is 0 Å². The molecule has 5 rings (SSSR count). The van der Waals surface area contributed by atoms with Crippen LogP contribution in [-0.2, 0) is 16.6 Å². The molecule has 1 N–H and O–H groups in total. The molecule has 2 aromatic rings. The van der Waals surface area contributed by atoms with E-state index in [1.54, 1.807) is 18.2 Å². The molecule has 1 aliphatic heterocycles. The van der Waals surface area contributed by atoms with Gasteiger partial charge in [-0.05, 0) is 92.3 Å². The summed E-state index contributed by atoms with van der Waals surface area (Å²) in [5.41, 5.74) is 2.12. The van der Waals surface area contributed by atoms with Gasteiger partial charge in [0.1, 0.15) is 5.75 Å². The van der Waals surface area contributed by atoms with Crippen molar-refractivity contribution in [1.82, 2.24) is 9.80 Å². The molecule has 0 radical (unpaired) electrons. The lowest BCUT2D eigenvalue weighted by Gasteiger charge is -2.54. The molecule has 4 nitrogen and oxygen atoms in total. The molecule has 2 aliphatic carbocycles. The molecule has 3 atom stereocenters. The Morgan fingerprint density at radius 2 is 1.94 bits per heavy atom. The molecule has 34 heavy (non-hydrogen) atoms. The van der Waals surface area contributed by atoms with Gasteiger partial charge in [-0.15, -0.1) is 0 Å². The zero-order valence-corrected chi connectivity index (χ0v) is 21.4. The highest BCUT2D eigenvalue weighted by atomic mass is 35.5. The fourth-order valence-electron chi connectivity index (χ4n) is 6.32. The van der Waals surface area contributed by atoms with Crippen LogP contribution in [0.1, 0.15) is 49.7 Å². The Balaban J connectivity index is 1.35. The van der Waals surface area contributed by atoms with Gasteiger partial charge >= 0.3 is 0 Å². The maximum absolute atomic E-state index is 13.2. The number of piperidine rings is 1. The van der Waals surface area contributed by atoms with Crippen LogP contribution in [0.2, 0.25) is 10.0 Å². The van der Waals surface area contributed by atoms with Crippen molar-refractivity contribution in [2.45, 2.75) is 56.4 Å². The molecule has 1 amide bonds. The van der Waals surface area contributed by atoms with Crippen LogP contribution in [0.5, 0.6) is 5.75 Å². The van der Waals surface area contributed by atoms with Crippen LogP contribution in [0.3, 0.4) is 0 Å². The molecule has 0 spiro atoms. The molecule has 182 valence electrons. The second-order valence-electron chi connectivity index (χ2n) is 10.7. The van der Waals surface area contributed by atoms with Crippen molar-refractivity contribution in [2.75, 3.05) is 26.7 Å². The maximum atomic E-state index is 13.2. The number of likely N-dealkylation sites (tertiary alicyclic amines) is 1. The summed E-state index contributed by atoms with van der Waals surface area (Å²) < 4.78 is 0. The first-order valence-corrected chi connectivity index (χ1v) is 13.3. The van der Waals surface area contributed by atoms with Gasteiger partial charge in [0.25, 0.3) is 0 Å². The number of amides is 1. The van der Waals surface area contributed by atoms with Gasteiger partial charge in [-0.1, -0.05) is 41.4 Å². The minimum Gasteiger partial charge on any atom is -0.508 e. The monoisotopic (exact) mass is 500 g/mol. The first-order valence-electron chi connectivity index (χ1n) is 12.6. The number of fused-ring (bicyclic) bond motifs is 1. The molecule has 3 unspecified atom stereocenters. The Morgan fingerprint density at radius 3 is 2.68 bits per heavy atom. The summed E-state index contributed by atoms with van der Waals surface area (Å²) in [5, 5.41) is 11.3. The smallest absolute Gasteiger partial charge is 0.226 e. The minimum absolute atomic E-state index is 0.000171. The average Bonchev–Trinajstić information content (AvgIpc) is 3.64. The molecule has 1 saturated heterocycles. The number of halogens is 2. The van der Waals surface area contributed by atoms with Crippen molar-refractivity contribution >= 4 is 29.1 Å². The number of hydrogen-bond donors (Lipinski definition) is 1. The number of likely N-dealkylation sites (N-methyl/N-ethyl adjacent to an activating group) is 1. The summed E-state index contributed by atoms with van der Waals surface area (Å²) in [7, 11) is 1.95. The Labute approximate surface area is 212 Å². The van der Waals surface area contributed by atoms with Crippen LogP contribution in [0.15, 0.2) is 42.5 Å². The van der Waals surface area contributed by atoms with E-state index in [1.807, 2.05) is 30.1 Å². The summed E-state index contributed by atoms with van der Waals surface area (Å²) >= 11 is 12.2. The first-order chi connectivity index (χ1) is 16.3. The standard InChI is InChI=1S/C28H34Cl2N2O2/c1-31(27(34)14-20-7-10-25(29)26(30)13-20)23-9-8-22-18-32(17-19-5-6-19)12-11-28(22,16-23)21-3-2-4-24(33)15-21/h2-4,7,10,13,15,19,22-23,33H,5-6,8-9,11-12,14,16-18H2,1H3. The van der Waals surface area contributed by atoms with Crippen LogP contribution in [0, 0.1) is 11.8 Å². The summed E-state index contributed by atoms with van der Waals surface area (Å²) in [6.45, 7) is 3.45. The number of phenols is 1. The largest absolute Gasteiger partial charge is 0.508 e. The molecular weight excluding hydrogens is 467 g/mol. The van der Waals surface area contributed by atoms with Crippen LogP contribution < -0.4 is 0 Å². The van der Waals surface area contributed by atoms with E-state index in [0.717, 1.165) is 50.3 Å². The van der Waals surface area contributed by atoms with E-state index in [9.17, 15) is 9.90 Å². The molecule has 3 fully saturated rings. The maximum Gasteiger partial charge on any atom is 0.226 e. The highest BCUT2D eigenvalue weighted by molar-refractivity contribution is 6.42. The third-order valence-corrected chi connectivity index (χ3v) is 9.24. The number of hydrogen-bond acceptors (Lipinski definition) is 3. The normalized spacial score (nSPS) is 27.3. The van der Waals surface area contributed by atoms with Crippen LogP contribution in [-0.4, -0.2) is 53.5 Å². The number of aromatic hydroxyl groups is 1. The van der Waals surface area contributed by atoms with E-state index in [1.165, 1.54) is 24.9 Å². The number of carbonyl (C=O) groups excluding carboxylic acids is 1. The van der Waals surface area contributed by atoms with Gasteiger partial charge in [0.2, 0.25) is 5.91 Å². The third-order valence-electron chi connectivity index (χ3n) is 8.50. The van der Waals surface area contributed by atoms with Crippen LogP contribution in [0.4, 0.5) is 0 Å². The molecule has 0 aromatic heterocycles. The summed E-state index contributed by atoms with van der Waals surface area (Å²) in [6, 6.07) is 13.5. The molecule has 1 heterocycles. The van der Waals surface area contributed by atoms with E-state index >= 15 is 0 Å². The lowest BCUT2D eigenvalue weighted by atomic mass is 9.57. The fourth-order valence-corrected chi connectivity index (χ4v) is 6.64. The van der Waals surface area contributed by atoms with Crippen LogP contribution in [0.25, 0.3) is 0 Å². The van der Waals surface area contributed by atoms with E-state index < -0.39 is 0 Å². The van der Waals surface area contributed by atoms with E-state index in [4.69, 9.17) is 23.2 Å². The van der Waals surface area contributed by atoms with Gasteiger partial charge in [-0.25, -0.2) is 0 Å². The zero-order chi connectivity index (χ0) is 23.9. The van der Waals surface area contributed by atoms with Gasteiger partial charge in [-0.2, -0.15) is 0 Å². The van der Waals surface area contributed by atoms with Gasteiger partial charge in [-0.3, -0.25) is 4.79 Å². The topological polar surface area (TPSA) is 43.8 Å². The molecule has 2 aromatic carbocycles. The predicted molar refractivity (Wildman–Crippen MR) is 138 cm³/mol. The highest BCUT2D eigenvalue weighted by Gasteiger charge is 2.49. The van der Waals surface area contributed by atoms with Crippen molar-refractivity contribution in [3.05, 3.63) is 63.6 Å². The number of nitrogens with zero attached hydrogens (tertiary/aromatic N) is 2. The molecule has 6 heteroatoms. The van der Waals surface area contributed by atoms with Gasteiger partial charge < -0.3 is 14.9 Å². The van der Waals surface area contributed by atoms with E-state index in [0.29, 0.717) is 28.1 Å². The molecule has 0 bridgehead atoms. The first kappa shape index (κ1) is 24.0. The second kappa shape index (κ2) is 9.72. The number of rotatable bonds is 6. The molecule has 3 aliphatic rings. The Morgan fingerprint density at radius 1 is 1.12 bits per heavy atom. The molecular formula is C28H34Cl2N2O2. The van der Waals surface area contributed by atoms with Gasteiger partial charge in [0, 0.05) is 31.6 Å². The number of carbonyl (C=O) groups is 1. The fraction of sp³-hybridized carbons (Fsp3) is 0.536. The predicted octanol–water partition coefficient (Wildman–Crippen LogP) is 5.92. The SMILES string of the molecule is CN(C(=O)Cc1ccc(Cl)c(Cl)c1)C1CCC2CN(CC3CC3)CCC2(c2cccc(O)c2)C1. The van der Waals surface area contributed by atoms with Crippen LogP contribution >= 0.6 is 23.2 Å². The Bertz CT molecular complexity index is 1060.